The van der Waals surface area contributed by atoms with Crippen LogP contribution in [0, 0.1) is 5.41 Å². The van der Waals surface area contributed by atoms with Crippen molar-refractivity contribution in [3.8, 4) is 5.75 Å². The zero-order valence-corrected chi connectivity index (χ0v) is 16.8. The fourth-order valence-corrected chi connectivity index (χ4v) is 4.84. The predicted octanol–water partition coefficient (Wildman–Crippen LogP) is 2.18. The van der Waals surface area contributed by atoms with E-state index < -0.39 is 0 Å². The van der Waals surface area contributed by atoms with Gasteiger partial charge in [0.1, 0.15) is 5.75 Å². The molecule has 0 aromatic heterocycles. The minimum atomic E-state index is 0.0499. The molecule has 0 radical (unpaired) electrons. The molecule has 1 atom stereocenters. The number of piperidine rings is 2. The molecule has 3 fully saturated rings. The van der Waals surface area contributed by atoms with E-state index in [1.54, 1.807) is 7.11 Å². The zero-order chi connectivity index (χ0) is 19.6. The van der Waals surface area contributed by atoms with E-state index in [0.29, 0.717) is 31.5 Å². The van der Waals surface area contributed by atoms with E-state index in [2.05, 4.69) is 15.1 Å². The lowest BCUT2D eigenvalue weighted by Crippen LogP contribution is -2.55. The second-order valence-electron chi connectivity index (χ2n) is 8.66. The van der Waals surface area contributed by atoms with E-state index >= 15 is 0 Å². The minimum Gasteiger partial charge on any atom is -0.496 e. The summed E-state index contributed by atoms with van der Waals surface area (Å²) in [5, 5.41) is 3.03. The average molecular weight is 386 g/mol. The van der Waals surface area contributed by atoms with Crippen LogP contribution >= 0.6 is 0 Å². The quantitative estimate of drug-likeness (QED) is 0.815. The Labute approximate surface area is 167 Å². The Balaban J connectivity index is 1.31. The maximum absolute atomic E-state index is 12.5. The standard InChI is InChI=1S/C22H31N3O3/c1-28-19-6-3-2-5-17(19)13-23-20(26)14-24-12-4-10-22(15-24)11-9-21(27)25(16-22)18-7-8-18/h2-3,5-6,18H,4,7-16H2,1H3,(H,23,26). The molecule has 0 bridgehead atoms. The maximum Gasteiger partial charge on any atom is 0.234 e. The highest BCUT2D eigenvalue weighted by molar-refractivity contribution is 5.78. The van der Waals surface area contributed by atoms with Gasteiger partial charge in [0.2, 0.25) is 11.8 Å². The van der Waals surface area contributed by atoms with Gasteiger partial charge in [0.05, 0.1) is 13.7 Å². The van der Waals surface area contributed by atoms with Gasteiger partial charge in [-0.1, -0.05) is 18.2 Å². The fraction of sp³-hybridized carbons (Fsp3) is 0.636. The van der Waals surface area contributed by atoms with E-state index in [0.717, 1.165) is 56.6 Å². The number of benzene rings is 1. The number of likely N-dealkylation sites (tertiary alicyclic amines) is 2. The van der Waals surface area contributed by atoms with E-state index in [-0.39, 0.29) is 11.3 Å². The predicted molar refractivity (Wildman–Crippen MR) is 107 cm³/mol. The van der Waals surface area contributed by atoms with Gasteiger partial charge in [-0.3, -0.25) is 14.5 Å². The Bertz CT molecular complexity index is 733. The van der Waals surface area contributed by atoms with E-state index in [1.165, 1.54) is 6.42 Å². The molecule has 3 aliphatic rings. The van der Waals surface area contributed by atoms with Crippen LogP contribution in [0.1, 0.15) is 44.1 Å². The van der Waals surface area contributed by atoms with E-state index in [1.807, 2.05) is 24.3 Å². The maximum atomic E-state index is 12.5. The van der Waals surface area contributed by atoms with Crippen molar-refractivity contribution in [2.24, 2.45) is 5.41 Å². The van der Waals surface area contributed by atoms with Crippen LogP contribution < -0.4 is 10.1 Å². The molecule has 1 N–H and O–H groups in total. The molecule has 1 unspecified atom stereocenters. The third kappa shape index (κ3) is 4.32. The third-order valence-electron chi connectivity index (χ3n) is 6.46. The van der Waals surface area contributed by atoms with E-state index in [9.17, 15) is 9.59 Å². The fourth-order valence-electron chi connectivity index (χ4n) is 4.84. The van der Waals surface area contributed by atoms with Gasteiger partial charge in [-0.25, -0.2) is 0 Å². The summed E-state index contributed by atoms with van der Waals surface area (Å²) in [6.45, 7) is 3.67. The Morgan fingerprint density at radius 3 is 2.86 bits per heavy atom. The van der Waals surface area contributed by atoms with E-state index in [4.69, 9.17) is 4.74 Å². The van der Waals surface area contributed by atoms with Crippen LogP contribution in [-0.4, -0.2) is 60.9 Å². The summed E-state index contributed by atoms with van der Waals surface area (Å²) in [6, 6.07) is 8.25. The van der Waals surface area contributed by atoms with Crippen LogP contribution in [0.15, 0.2) is 24.3 Å². The van der Waals surface area contributed by atoms with Crippen molar-refractivity contribution < 1.29 is 14.3 Å². The molecule has 6 nitrogen and oxygen atoms in total. The van der Waals surface area contributed by atoms with Crippen molar-refractivity contribution in [1.82, 2.24) is 15.1 Å². The van der Waals surface area contributed by atoms with Gasteiger partial charge in [-0.2, -0.15) is 0 Å². The second-order valence-corrected chi connectivity index (χ2v) is 8.66. The Hall–Kier alpha value is -2.08. The van der Waals surface area contributed by atoms with Crippen LogP contribution in [0.25, 0.3) is 0 Å². The Morgan fingerprint density at radius 2 is 2.07 bits per heavy atom. The summed E-state index contributed by atoms with van der Waals surface area (Å²) < 4.78 is 5.35. The molecule has 152 valence electrons. The van der Waals surface area contributed by atoms with Crippen LogP contribution in [0.3, 0.4) is 0 Å². The molecule has 1 saturated carbocycles. The van der Waals surface area contributed by atoms with Crippen LogP contribution in [0.5, 0.6) is 5.75 Å². The minimum absolute atomic E-state index is 0.0499. The monoisotopic (exact) mass is 385 g/mol. The highest BCUT2D eigenvalue weighted by atomic mass is 16.5. The number of methoxy groups -OCH3 is 1. The molecular formula is C22H31N3O3. The first kappa shape index (κ1) is 19.2. The van der Waals surface area contributed by atoms with Crippen LogP contribution in [0.2, 0.25) is 0 Å². The Kier molecular flexibility index (Phi) is 5.58. The van der Waals surface area contributed by atoms with Crippen molar-refractivity contribution in [2.45, 2.75) is 51.1 Å². The summed E-state index contributed by atoms with van der Waals surface area (Å²) in [7, 11) is 1.65. The summed E-state index contributed by atoms with van der Waals surface area (Å²) in [6.07, 6.45) is 6.24. The van der Waals surface area contributed by atoms with Crippen molar-refractivity contribution in [3.05, 3.63) is 29.8 Å². The SMILES string of the molecule is COc1ccccc1CNC(=O)CN1CCCC2(CCC(=O)N(C3CC3)C2)C1. The average Bonchev–Trinajstić information content (AvgIpc) is 3.54. The van der Waals surface area contributed by atoms with Crippen molar-refractivity contribution in [2.75, 3.05) is 33.3 Å². The number of hydrogen-bond donors (Lipinski definition) is 1. The molecule has 1 spiro atoms. The molecule has 28 heavy (non-hydrogen) atoms. The normalized spacial score (nSPS) is 25.8. The molecule has 2 heterocycles. The van der Waals surface area contributed by atoms with Gasteiger partial charge in [-0.05, 0) is 44.7 Å². The summed E-state index contributed by atoms with van der Waals surface area (Å²) >= 11 is 0. The first-order chi connectivity index (χ1) is 13.6. The second kappa shape index (κ2) is 8.11. The number of para-hydroxylation sites is 1. The van der Waals surface area contributed by atoms with Gasteiger partial charge < -0.3 is 15.0 Å². The number of ether oxygens (including phenoxy) is 1. The smallest absolute Gasteiger partial charge is 0.234 e. The molecular weight excluding hydrogens is 354 g/mol. The Morgan fingerprint density at radius 1 is 1.25 bits per heavy atom. The van der Waals surface area contributed by atoms with Crippen LogP contribution in [-0.2, 0) is 16.1 Å². The first-order valence-electron chi connectivity index (χ1n) is 10.5. The summed E-state index contributed by atoms with van der Waals surface area (Å²) in [5.41, 5.74) is 1.16. The van der Waals surface area contributed by atoms with Gasteiger partial charge in [0, 0.05) is 43.1 Å². The lowest BCUT2D eigenvalue weighted by atomic mass is 9.73. The number of hydrogen-bond acceptors (Lipinski definition) is 4. The zero-order valence-electron chi connectivity index (χ0n) is 16.8. The lowest BCUT2D eigenvalue weighted by molar-refractivity contribution is -0.140. The highest BCUT2D eigenvalue weighted by Gasteiger charge is 2.45. The summed E-state index contributed by atoms with van der Waals surface area (Å²) in [4.78, 5) is 29.2. The van der Waals surface area contributed by atoms with Gasteiger partial charge in [0.25, 0.3) is 0 Å². The van der Waals surface area contributed by atoms with Crippen molar-refractivity contribution >= 4 is 11.8 Å². The molecule has 1 aromatic rings. The number of amides is 2. The topological polar surface area (TPSA) is 61.9 Å². The number of carbonyl (C=O) groups excluding carboxylic acids is 2. The van der Waals surface area contributed by atoms with Crippen LogP contribution in [0.4, 0.5) is 0 Å². The number of nitrogens with zero attached hydrogens (tertiary/aromatic N) is 2. The van der Waals surface area contributed by atoms with Gasteiger partial charge >= 0.3 is 0 Å². The number of carbonyl (C=O) groups is 2. The van der Waals surface area contributed by atoms with Crippen molar-refractivity contribution in [3.63, 3.8) is 0 Å². The molecule has 2 aliphatic heterocycles. The highest BCUT2D eigenvalue weighted by Crippen LogP contribution is 2.42. The number of rotatable bonds is 6. The lowest BCUT2D eigenvalue weighted by Gasteiger charge is -2.48. The largest absolute Gasteiger partial charge is 0.496 e. The molecule has 2 saturated heterocycles. The van der Waals surface area contributed by atoms with Gasteiger partial charge in [0.15, 0.2) is 0 Å². The molecule has 4 rings (SSSR count). The van der Waals surface area contributed by atoms with Crippen molar-refractivity contribution in [1.29, 1.82) is 0 Å². The summed E-state index contributed by atoms with van der Waals surface area (Å²) in [5.74, 6) is 1.18. The molecule has 1 aliphatic carbocycles. The molecule has 2 amide bonds. The third-order valence-corrected chi connectivity index (χ3v) is 6.46. The molecule has 6 heteroatoms. The number of nitrogens with one attached hydrogen (secondary N) is 1. The molecule has 1 aromatic carbocycles. The first-order valence-corrected chi connectivity index (χ1v) is 10.5. The van der Waals surface area contributed by atoms with Gasteiger partial charge in [-0.15, -0.1) is 0 Å².